The Morgan fingerprint density at radius 1 is 1.37 bits per heavy atom. The van der Waals surface area contributed by atoms with Gasteiger partial charge >= 0.3 is 0 Å². The minimum Gasteiger partial charge on any atom is -0.325 e. The maximum absolute atomic E-state index is 12.5. The monoisotopic (exact) mass is 419 g/mol. The van der Waals surface area contributed by atoms with Crippen molar-refractivity contribution in [3.05, 3.63) is 49.6 Å². The average molecular weight is 420 g/mol. The first kappa shape index (κ1) is 18.5. The predicted octanol–water partition coefficient (Wildman–Crippen LogP) is 4.56. The van der Waals surface area contributed by atoms with Crippen LogP contribution in [-0.2, 0) is 17.6 Å². The number of fused-ring (bicyclic) bond motifs is 3. The highest BCUT2D eigenvalue weighted by molar-refractivity contribution is 7.99. The van der Waals surface area contributed by atoms with Crippen LogP contribution in [-0.4, -0.2) is 21.6 Å². The molecule has 0 unspecified atom stereocenters. The van der Waals surface area contributed by atoms with Gasteiger partial charge in [0.15, 0.2) is 5.16 Å². The van der Waals surface area contributed by atoms with Crippen molar-refractivity contribution in [3.63, 3.8) is 0 Å². The third kappa shape index (κ3) is 3.90. The van der Waals surface area contributed by atoms with E-state index in [1.54, 1.807) is 29.5 Å². The molecule has 0 saturated carbocycles. The molecule has 2 heterocycles. The van der Waals surface area contributed by atoms with Crippen LogP contribution in [0.3, 0.4) is 0 Å². The summed E-state index contributed by atoms with van der Waals surface area (Å²) in [5.74, 6) is 0.0142. The van der Waals surface area contributed by atoms with E-state index in [9.17, 15) is 9.59 Å². The number of nitrogens with one attached hydrogen (secondary N) is 2. The molecule has 8 heteroatoms. The summed E-state index contributed by atoms with van der Waals surface area (Å²) in [6.07, 6.45) is 4.28. The summed E-state index contributed by atoms with van der Waals surface area (Å²) in [4.78, 5) is 34.3. The summed E-state index contributed by atoms with van der Waals surface area (Å²) in [6.45, 7) is 1.89. The number of rotatable bonds is 4. The number of amides is 1. The second kappa shape index (κ2) is 7.66. The van der Waals surface area contributed by atoms with E-state index in [2.05, 4.69) is 15.3 Å². The van der Waals surface area contributed by atoms with Crippen molar-refractivity contribution in [1.82, 2.24) is 9.97 Å². The highest BCUT2D eigenvalue weighted by Crippen LogP contribution is 2.34. The molecule has 0 spiro atoms. The number of thiophene rings is 1. The highest BCUT2D eigenvalue weighted by Gasteiger charge is 2.20. The number of nitrogens with zero attached hydrogens (tertiary/aromatic N) is 1. The molecule has 1 aliphatic rings. The third-order valence-electron chi connectivity index (χ3n) is 4.61. The van der Waals surface area contributed by atoms with Gasteiger partial charge in [0.2, 0.25) is 5.91 Å². The van der Waals surface area contributed by atoms with Crippen LogP contribution < -0.4 is 10.9 Å². The third-order valence-corrected chi connectivity index (χ3v) is 6.90. The Morgan fingerprint density at radius 3 is 3.00 bits per heavy atom. The Labute approximate surface area is 169 Å². The Morgan fingerprint density at radius 2 is 2.19 bits per heavy atom. The number of aryl methyl sites for hydroxylation is 3. The highest BCUT2D eigenvalue weighted by atomic mass is 35.5. The van der Waals surface area contributed by atoms with Crippen molar-refractivity contribution >= 4 is 56.5 Å². The number of aromatic amines is 1. The van der Waals surface area contributed by atoms with Gasteiger partial charge in [-0.15, -0.1) is 11.3 Å². The summed E-state index contributed by atoms with van der Waals surface area (Å²) in [5, 5.41) is 4.71. The number of hydrogen-bond acceptors (Lipinski definition) is 5. The van der Waals surface area contributed by atoms with Crippen LogP contribution in [0.15, 0.2) is 28.2 Å². The van der Waals surface area contributed by atoms with E-state index in [4.69, 9.17) is 11.6 Å². The number of carbonyl (C=O) groups excluding carboxylic acids is 1. The largest absolute Gasteiger partial charge is 0.325 e. The second-order valence-electron chi connectivity index (χ2n) is 6.56. The first-order chi connectivity index (χ1) is 13.0. The Hall–Kier alpha value is -1.83. The molecule has 4 rings (SSSR count). The summed E-state index contributed by atoms with van der Waals surface area (Å²) in [6, 6.07) is 5.32. The fourth-order valence-electron chi connectivity index (χ4n) is 3.30. The van der Waals surface area contributed by atoms with Crippen molar-refractivity contribution in [3.8, 4) is 0 Å². The fourth-order valence-corrected chi connectivity index (χ4v) is 5.51. The predicted molar refractivity (Wildman–Crippen MR) is 112 cm³/mol. The van der Waals surface area contributed by atoms with Crippen LogP contribution in [0.1, 0.15) is 28.8 Å². The van der Waals surface area contributed by atoms with Gasteiger partial charge < -0.3 is 10.3 Å². The van der Waals surface area contributed by atoms with Gasteiger partial charge in [-0.2, -0.15) is 0 Å². The molecule has 5 nitrogen and oxygen atoms in total. The molecule has 1 aromatic carbocycles. The van der Waals surface area contributed by atoms with Crippen LogP contribution in [0.4, 0.5) is 5.69 Å². The number of benzene rings is 1. The van der Waals surface area contributed by atoms with Crippen molar-refractivity contribution < 1.29 is 4.79 Å². The topological polar surface area (TPSA) is 74.8 Å². The zero-order valence-corrected chi connectivity index (χ0v) is 17.1. The lowest BCUT2D eigenvalue weighted by Gasteiger charge is -2.09. The molecule has 0 bridgehead atoms. The zero-order chi connectivity index (χ0) is 19.0. The van der Waals surface area contributed by atoms with Crippen molar-refractivity contribution in [2.45, 2.75) is 37.8 Å². The summed E-state index contributed by atoms with van der Waals surface area (Å²) in [5.41, 5.74) is 2.70. The average Bonchev–Trinajstić information content (AvgIpc) is 3.01. The molecule has 2 N–H and O–H groups in total. The summed E-state index contributed by atoms with van der Waals surface area (Å²) >= 11 is 8.78. The van der Waals surface area contributed by atoms with E-state index < -0.39 is 0 Å². The Bertz CT molecular complexity index is 1090. The lowest BCUT2D eigenvalue weighted by molar-refractivity contribution is -0.113. The number of aromatic nitrogens is 2. The SMILES string of the molecule is Cc1cc(Cl)ccc1NC(=O)CSc1nc2sc3c(c2c(=O)[nH]1)CCCC3. The van der Waals surface area contributed by atoms with E-state index in [0.29, 0.717) is 10.2 Å². The standard InChI is InChI=1S/C19H18ClN3O2S2/c1-10-8-11(20)6-7-13(10)21-15(24)9-26-19-22-17(25)16-12-4-2-3-5-14(12)27-18(16)23-19/h6-8H,2-5,9H2,1H3,(H,21,24)(H,22,23,25). The van der Waals surface area contributed by atoms with Gasteiger partial charge in [0.25, 0.3) is 5.56 Å². The molecule has 1 aliphatic carbocycles. The zero-order valence-electron chi connectivity index (χ0n) is 14.7. The number of anilines is 1. The van der Waals surface area contributed by atoms with Gasteiger partial charge in [-0.1, -0.05) is 23.4 Å². The Kier molecular flexibility index (Phi) is 5.25. The molecule has 140 valence electrons. The van der Waals surface area contributed by atoms with Crippen molar-refractivity contribution in [2.24, 2.45) is 0 Å². The molecule has 0 aliphatic heterocycles. The van der Waals surface area contributed by atoms with Crippen LogP contribution in [0.2, 0.25) is 5.02 Å². The number of carbonyl (C=O) groups is 1. The molecule has 0 atom stereocenters. The van der Waals surface area contributed by atoms with Crippen LogP contribution >= 0.6 is 34.7 Å². The van der Waals surface area contributed by atoms with E-state index >= 15 is 0 Å². The van der Waals surface area contributed by atoms with Crippen molar-refractivity contribution in [2.75, 3.05) is 11.1 Å². The first-order valence-electron chi connectivity index (χ1n) is 8.74. The number of H-pyrrole nitrogens is 1. The van der Waals surface area contributed by atoms with Gasteiger partial charge in [-0.05, 0) is 61.9 Å². The molecule has 2 aromatic heterocycles. The van der Waals surface area contributed by atoms with Gasteiger partial charge in [0.1, 0.15) is 4.83 Å². The normalized spacial score (nSPS) is 13.6. The van der Waals surface area contributed by atoms with Crippen LogP contribution in [0, 0.1) is 6.92 Å². The van der Waals surface area contributed by atoms with Gasteiger partial charge in [0.05, 0.1) is 11.1 Å². The number of halogens is 1. The molecule has 0 saturated heterocycles. The Balaban J connectivity index is 1.48. The summed E-state index contributed by atoms with van der Waals surface area (Å²) in [7, 11) is 0. The molecular weight excluding hydrogens is 402 g/mol. The maximum atomic E-state index is 12.5. The molecular formula is C19H18ClN3O2S2. The molecule has 3 aromatic rings. The lowest BCUT2D eigenvalue weighted by atomic mass is 9.97. The van der Waals surface area contributed by atoms with E-state index in [0.717, 1.165) is 40.7 Å². The van der Waals surface area contributed by atoms with Crippen molar-refractivity contribution in [1.29, 1.82) is 0 Å². The van der Waals surface area contributed by atoms with E-state index in [1.165, 1.54) is 28.6 Å². The maximum Gasteiger partial charge on any atom is 0.260 e. The van der Waals surface area contributed by atoms with Crippen LogP contribution in [0.25, 0.3) is 10.2 Å². The van der Waals surface area contributed by atoms with Gasteiger partial charge in [-0.3, -0.25) is 9.59 Å². The smallest absolute Gasteiger partial charge is 0.260 e. The number of thioether (sulfide) groups is 1. The van der Waals surface area contributed by atoms with Gasteiger partial charge in [0, 0.05) is 15.6 Å². The quantitative estimate of drug-likeness (QED) is 0.480. The lowest BCUT2D eigenvalue weighted by Crippen LogP contribution is -2.16. The number of hydrogen-bond donors (Lipinski definition) is 2. The summed E-state index contributed by atoms with van der Waals surface area (Å²) < 4.78 is 0. The molecule has 27 heavy (non-hydrogen) atoms. The minimum absolute atomic E-state index is 0.101. The van der Waals surface area contributed by atoms with Gasteiger partial charge in [-0.25, -0.2) is 4.98 Å². The second-order valence-corrected chi connectivity index (χ2v) is 9.04. The first-order valence-corrected chi connectivity index (χ1v) is 10.9. The van der Waals surface area contributed by atoms with E-state index in [1.807, 2.05) is 6.92 Å². The van der Waals surface area contributed by atoms with E-state index in [-0.39, 0.29) is 17.2 Å². The molecule has 0 fully saturated rings. The van der Waals surface area contributed by atoms with Crippen LogP contribution in [0.5, 0.6) is 0 Å². The minimum atomic E-state index is -0.154. The fraction of sp³-hybridized carbons (Fsp3) is 0.316. The molecule has 1 amide bonds. The molecule has 0 radical (unpaired) electrons.